The monoisotopic (exact) mass is 362 g/mol. The third-order valence-corrected chi connectivity index (χ3v) is 3.97. The quantitative estimate of drug-likeness (QED) is 0.758. The highest BCUT2D eigenvalue weighted by Crippen LogP contribution is 2.45. The van der Waals surface area contributed by atoms with Crippen LogP contribution in [0.2, 0.25) is 0 Å². The zero-order valence-electron chi connectivity index (χ0n) is 15.4. The molecular weight excluding hydrogens is 340 g/mol. The van der Waals surface area contributed by atoms with Gasteiger partial charge in [-0.15, -0.1) is 0 Å². The molecule has 0 unspecified atom stereocenters. The van der Waals surface area contributed by atoms with E-state index in [9.17, 15) is 9.90 Å². The van der Waals surface area contributed by atoms with Gasteiger partial charge in [0.1, 0.15) is 23.0 Å². The molecule has 140 valence electrons. The third kappa shape index (κ3) is 3.52. The molecule has 0 saturated heterocycles. The first-order valence-electron chi connectivity index (χ1n) is 7.75. The van der Waals surface area contributed by atoms with Gasteiger partial charge in [0.05, 0.1) is 47.7 Å². The number of carbonyl (C=O) groups excluding carboxylic acids is 1. The van der Waals surface area contributed by atoms with Gasteiger partial charge in [-0.25, -0.2) is 4.79 Å². The molecule has 7 heteroatoms. The van der Waals surface area contributed by atoms with Crippen molar-refractivity contribution in [2.24, 2.45) is 0 Å². The number of ether oxygens (including phenoxy) is 5. The molecule has 0 aliphatic heterocycles. The smallest absolute Gasteiger partial charge is 0.338 e. The molecule has 2 aromatic rings. The molecule has 0 aliphatic carbocycles. The van der Waals surface area contributed by atoms with Crippen LogP contribution >= 0.6 is 0 Å². The number of hydrogen-bond acceptors (Lipinski definition) is 7. The molecule has 2 aromatic carbocycles. The zero-order chi connectivity index (χ0) is 19.3. The average Bonchev–Trinajstić information content (AvgIpc) is 2.70. The van der Waals surface area contributed by atoms with Crippen LogP contribution in [0.15, 0.2) is 24.3 Å². The van der Waals surface area contributed by atoms with Gasteiger partial charge in [-0.05, 0) is 17.7 Å². The molecule has 0 fully saturated rings. The molecule has 0 spiro atoms. The molecule has 0 amide bonds. The number of hydrogen-bond donors (Lipinski definition) is 1. The maximum atomic E-state index is 12.4. The number of aliphatic hydroxyl groups is 1. The van der Waals surface area contributed by atoms with Gasteiger partial charge in [-0.3, -0.25) is 0 Å². The summed E-state index contributed by atoms with van der Waals surface area (Å²) in [4.78, 5) is 12.4. The Balaban J connectivity index is 2.92. The topological polar surface area (TPSA) is 83.5 Å². The van der Waals surface area contributed by atoms with Gasteiger partial charge in [0, 0.05) is 23.3 Å². The van der Waals surface area contributed by atoms with Gasteiger partial charge in [0.15, 0.2) is 0 Å². The van der Waals surface area contributed by atoms with Crippen LogP contribution in [0.25, 0.3) is 11.1 Å². The van der Waals surface area contributed by atoms with Crippen LogP contribution < -0.4 is 18.9 Å². The van der Waals surface area contributed by atoms with Gasteiger partial charge in [-0.2, -0.15) is 0 Å². The molecule has 2 rings (SSSR count). The van der Waals surface area contributed by atoms with Crippen LogP contribution in [-0.4, -0.2) is 46.6 Å². The summed E-state index contributed by atoms with van der Waals surface area (Å²) in [5.41, 5.74) is 1.68. The Labute approximate surface area is 152 Å². The van der Waals surface area contributed by atoms with Crippen LogP contribution in [0.4, 0.5) is 0 Å². The van der Waals surface area contributed by atoms with Crippen molar-refractivity contribution in [2.75, 3.05) is 35.5 Å². The Morgan fingerprint density at radius 1 is 0.808 bits per heavy atom. The van der Waals surface area contributed by atoms with Crippen LogP contribution in [-0.2, 0) is 11.3 Å². The van der Waals surface area contributed by atoms with E-state index in [1.54, 1.807) is 24.3 Å². The minimum absolute atomic E-state index is 0.224. The minimum Gasteiger partial charge on any atom is -0.497 e. The van der Waals surface area contributed by atoms with Crippen LogP contribution in [0, 0.1) is 0 Å². The van der Waals surface area contributed by atoms with Crippen LogP contribution in [0.5, 0.6) is 23.0 Å². The average molecular weight is 362 g/mol. The summed E-state index contributed by atoms with van der Waals surface area (Å²) in [6.07, 6.45) is 0. The largest absolute Gasteiger partial charge is 0.497 e. The fourth-order valence-electron chi connectivity index (χ4n) is 2.73. The molecule has 0 saturated carbocycles. The van der Waals surface area contributed by atoms with E-state index in [1.807, 2.05) is 0 Å². The molecule has 0 aliphatic rings. The van der Waals surface area contributed by atoms with Crippen molar-refractivity contribution < 1.29 is 33.6 Å². The van der Waals surface area contributed by atoms with E-state index >= 15 is 0 Å². The second-order valence-electron chi connectivity index (χ2n) is 5.27. The van der Waals surface area contributed by atoms with Crippen molar-refractivity contribution in [3.05, 3.63) is 35.4 Å². The summed E-state index contributed by atoms with van der Waals surface area (Å²) < 4.78 is 26.4. The van der Waals surface area contributed by atoms with E-state index in [0.717, 1.165) is 0 Å². The highest BCUT2D eigenvalue weighted by molar-refractivity contribution is 6.01. The van der Waals surface area contributed by atoms with E-state index in [0.29, 0.717) is 39.7 Å². The molecular formula is C19H22O7. The standard InChI is InChI=1S/C19H22O7/c1-22-12-6-11(10-20)17(15(8-12)24-3)18-14(19(21)26-5)7-13(23-2)9-16(18)25-4/h6-9,20H,10H2,1-5H3. The highest BCUT2D eigenvalue weighted by atomic mass is 16.5. The number of rotatable bonds is 7. The zero-order valence-corrected chi connectivity index (χ0v) is 15.4. The molecule has 0 bridgehead atoms. The summed E-state index contributed by atoms with van der Waals surface area (Å²) in [6, 6.07) is 6.53. The molecule has 1 N–H and O–H groups in total. The summed E-state index contributed by atoms with van der Waals surface area (Å²) in [5.74, 6) is 1.18. The normalized spacial score (nSPS) is 10.2. The van der Waals surface area contributed by atoms with Crippen molar-refractivity contribution in [1.29, 1.82) is 0 Å². The maximum Gasteiger partial charge on any atom is 0.338 e. The molecule has 0 atom stereocenters. The van der Waals surface area contributed by atoms with Crippen molar-refractivity contribution in [3.63, 3.8) is 0 Å². The van der Waals surface area contributed by atoms with Gasteiger partial charge in [0.25, 0.3) is 0 Å². The molecule has 0 heterocycles. The number of benzene rings is 2. The predicted molar refractivity (Wildman–Crippen MR) is 95.3 cm³/mol. The van der Waals surface area contributed by atoms with Crippen molar-refractivity contribution >= 4 is 5.97 Å². The SMILES string of the molecule is COC(=O)c1cc(OC)cc(OC)c1-c1c(CO)cc(OC)cc1OC. The van der Waals surface area contributed by atoms with E-state index in [2.05, 4.69) is 0 Å². The number of esters is 1. The van der Waals surface area contributed by atoms with Crippen LogP contribution in [0.1, 0.15) is 15.9 Å². The van der Waals surface area contributed by atoms with Gasteiger partial charge in [0.2, 0.25) is 0 Å². The van der Waals surface area contributed by atoms with Gasteiger partial charge < -0.3 is 28.8 Å². The number of carbonyl (C=O) groups is 1. The Morgan fingerprint density at radius 2 is 1.35 bits per heavy atom. The lowest BCUT2D eigenvalue weighted by molar-refractivity contribution is 0.0601. The Kier molecular flexibility index (Phi) is 6.30. The van der Waals surface area contributed by atoms with Crippen molar-refractivity contribution in [1.82, 2.24) is 0 Å². The van der Waals surface area contributed by atoms with Crippen molar-refractivity contribution in [3.8, 4) is 34.1 Å². The second kappa shape index (κ2) is 8.44. The number of methoxy groups -OCH3 is 5. The maximum absolute atomic E-state index is 12.4. The highest BCUT2D eigenvalue weighted by Gasteiger charge is 2.25. The first kappa shape index (κ1) is 19.4. The third-order valence-electron chi connectivity index (χ3n) is 3.97. The van der Waals surface area contributed by atoms with Crippen molar-refractivity contribution in [2.45, 2.75) is 6.61 Å². The summed E-state index contributed by atoms with van der Waals surface area (Å²) in [7, 11) is 7.27. The van der Waals surface area contributed by atoms with E-state index in [-0.39, 0.29) is 12.2 Å². The van der Waals surface area contributed by atoms with Crippen LogP contribution in [0.3, 0.4) is 0 Å². The van der Waals surface area contributed by atoms with E-state index in [4.69, 9.17) is 23.7 Å². The Hall–Kier alpha value is -2.93. The molecule has 0 radical (unpaired) electrons. The second-order valence-corrected chi connectivity index (χ2v) is 5.27. The lowest BCUT2D eigenvalue weighted by Gasteiger charge is -2.20. The first-order chi connectivity index (χ1) is 12.5. The fourth-order valence-corrected chi connectivity index (χ4v) is 2.73. The molecule has 26 heavy (non-hydrogen) atoms. The lowest BCUT2D eigenvalue weighted by atomic mass is 9.93. The summed E-state index contributed by atoms with van der Waals surface area (Å²) in [6.45, 7) is -0.293. The predicted octanol–water partition coefficient (Wildman–Crippen LogP) is 2.67. The van der Waals surface area contributed by atoms with E-state index in [1.165, 1.54) is 35.5 Å². The first-order valence-corrected chi connectivity index (χ1v) is 7.75. The van der Waals surface area contributed by atoms with Gasteiger partial charge >= 0.3 is 5.97 Å². The molecule has 7 nitrogen and oxygen atoms in total. The number of aliphatic hydroxyl groups excluding tert-OH is 1. The fraction of sp³-hybridized carbons (Fsp3) is 0.316. The Bertz CT molecular complexity index is 774. The minimum atomic E-state index is -0.570. The van der Waals surface area contributed by atoms with Gasteiger partial charge in [-0.1, -0.05) is 0 Å². The summed E-state index contributed by atoms with van der Waals surface area (Å²) >= 11 is 0. The molecule has 0 aromatic heterocycles. The lowest BCUT2D eigenvalue weighted by Crippen LogP contribution is -2.08. The Morgan fingerprint density at radius 3 is 1.81 bits per heavy atom. The van der Waals surface area contributed by atoms with E-state index < -0.39 is 5.97 Å². The summed E-state index contributed by atoms with van der Waals surface area (Å²) in [5, 5.41) is 9.88.